The predicted molar refractivity (Wildman–Crippen MR) is 93.9 cm³/mol. The van der Waals surface area contributed by atoms with Gasteiger partial charge in [-0.15, -0.1) is 11.8 Å². The third kappa shape index (κ3) is 4.72. The van der Waals surface area contributed by atoms with Crippen molar-refractivity contribution in [3.8, 4) is 0 Å². The molecule has 0 aliphatic carbocycles. The fourth-order valence-corrected chi connectivity index (χ4v) is 4.36. The molecule has 2 saturated heterocycles. The largest absolute Gasteiger partial charge is 0.379 e. The summed E-state index contributed by atoms with van der Waals surface area (Å²) in [6.45, 7) is 7.78. The average molecular weight is 334 g/mol. The number of ether oxygens (including phenoxy) is 1. The van der Waals surface area contributed by atoms with Crippen molar-refractivity contribution < 1.29 is 9.53 Å². The van der Waals surface area contributed by atoms with Crippen LogP contribution in [0.3, 0.4) is 0 Å². The van der Waals surface area contributed by atoms with Crippen molar-refractivity contribution in [2.75, 3.05) is 45.9 Å². The van der Waals surface area contributed by atoms with Crippen LogP contribution in [0.1, 0.15) is 18.4 Å². The maximum absolute atomic E-state index is 12.4. The van der Waals surface area contributed by atoms with Gasteiger partial charge in [0, 0.05) is 36.3 Å². The van der Waals surface area contributed by atoms with E-state index in [1.165, 1.54) is 10.5 Å². The fourth-order valence-electron chi connectivity index (χ4n) is 3.14. The quantitative estimate of drug-likeness (QED) is 0.846. The van der Waals surface area contributed by atoms with Gasteiger partial charge >= 0.3 is 0 Å². The standard InChI is InChI=1S/C18H26N2O2S/c1-15-4-2-3-5-17(15)23-16-6-8-20(9-7-16)18(21)14-19-10-12-22-13-11-19/h2-5,16H,6-14H2,1H3. The minimum Gasteiger partial charge on any atom is -0.379 e. The summed E-state index contributed by atoms with van der Waals surface area (Å²) in [5.41, 5.74) is 1.35. The highest BCUT2D eigenvalue weighted by atomic mass is 32.2. The van der Waals surface area contributed by atoms with Crippen molar-refractivity contribution in [1.29, 1.82) is 0 Å². The Bertz CT molecular complexity index is 524. The summed E-state index contributed by atoms with van der Waals surface area (Å²) in [6.07, 6.45) is 2.18. The molecule has 1 aromatic rings. The van der Waals surface area contributed by atoms with Gasteiger partial charge in [0.1, 0.15) is 0 Å². The Kier molecular flexibility index (Phi) is 5.97. The van der Waals surface area contributed by atoms with Crippen molar-refractivity contribution in [1.82, 2.24) is 9.80 Å². The number of nitrogens with zero attached hydrogens (tertiary/aromatic N) is 2. The van der Waals surface area contributed by atoms with Gasteiger partial charge in [0.05, 0.1) is 19.8 Å². The molecule has 0 atom stereocenters. The van der Waals surface area contributed by atoms with Crippen LogP contribution in [0.15, 0.2) is 29.2 Å². The number of aryl methyl sites for hydroxylation is 1. The highest BCUT2D eigenvalue weighted by Crippen LogP contribution is 2.32. The van der Waals surface area contributed by atoms with Crippen molar-refractivity contribution in [2.45, 2.75) is 29.9 Å². The predicted octanol–water partition coefficient (Wildman–Crippen LogP) is 2.41. The van der Waals surface area contributed by atoms with E-state index in [-0.39, 0.29) is 5.91 Å². The normalized spacial score (nSPS) is 20.7. The maximum atomic E-state index is 12.4. The molecule has 0 bridgehead atoms. The zero-order valence-electron chi connectivity index (χ0n) is 13.9. The lowest BCUT2D eigenvalue weighted by Crippen LogP contribution is -2.47. The lowest BCUT2D eigenvalue weighted by Gasteiger charge is -2.34. The van der Waals surface area contributed by atoms with E-state index in [1.807, 2.05) is 16.7 Å². The number of rotatable bonds is 4. The van der Waals surface area contributed by atoms with Gasteiger partial charge in [-0.25, -0.2) is 0 Å². The third-order valence-electron chi connectivity index (χ3n) is 4.64. The second-order valence-corrected chi connectivity index (χ2v) is 7.69. The Morgan fingerprint density at radius 2 is 1.87 bits per heavy atom. The minimum atomic E-state index is 0.284. The molecule has 0 unspecified atom stereocenters. The molecule has 0 spiro atoms. The van der Waals surface area contributed by atoms with Crippen molar-refractivity contribution >= 4 is 17.7 Å². The zero-order chi connectivity index (χ0) is 16.1. The van der Waals surface area contributed by atoms with Crippen LogP contribution in [0.25, 0.3) is 0 Å². The summed E-state index contributed by atoms with van der Waals surface area (Å²) in [5.74, 6) is 0.284. The van der Waals surface area contributed by atoms with Crippen LogP contribution in [-0.2, 0) is 9.53 Å². The molecule has 0 aromatic heterocycles. The molecule has 0 saturated carbocycles. The lowest BCUT2D eigenvalue weighted by atomic mass is 10.1. The van der Waals surface area contributed by atoms with E-state index >= 15 is 0 Å². The number of amides is 1. The highest BCUT2D eigenvalue weighted by molar-refractivity contribution is 8.00. The Labute approximate surface area is 143 Å². The Morgan fingerprint density at radius 1 is 1.17 bits per heavy atom. The molecule has 2 heterocycles. The van der Waals surface area contributed by atoms with Gasteiger partial charge in [-0.1, -0.05) is 18.2 Å². The Morgan fingerprint density at radius 3 is 2.57 bits per heavy atom. The molecule has 2 aliphatic rings. The number of hydrogen-bond donors (Lipinski definition) is 0. The van der Waals surface area contributed by atoms with Gasteiger partial charge in [0.15, 0.2) is 0 Å². The zero-order valence-corrected chi connectivity index (χ0v) is 14.7. The van der Waals surface area contributed by atoms with Crippen LogP contribution in [0, 0.1) is 6.92 Å². The third-order valence-corrected chi connectivity index (χ3v) is 6.16. The number of benzene rings is 1. The number of piperidine rings is 1. The van der Waals surface area contributed by atoms with E-state index in [0.29, 0.717) is 11.8 Å². The molecule has 5 heteroatoms. The van der Waals surface area contributed by atoms with Crippen molar-refractivity contribution in [3.63, 3.8) is 0 Å². The van der Waals surface area contributed by atoms with Crippen molar-refractivity contribution in [3.05, 3.63) is 29.8 Å². The van der Waals surface area contributed by atoms with Crippen molar-refractivity contribution in [2.24, 2.45) is 0 Å². The van der Waals surface area contributed by atoms with E-state index < -0.39 is 0 Å². The molecule has 2 fully saturated rings. The topological polar surface area (TPSA) is 32.8 Å². The number of hydrogen-bond acceptors (Lipinski definition) is 4. The summed E-state index contributed by atoms with van der Waals surface area (Å²) in [6, 6.07) is 8.57. The first-order valence-corrected chi connectivity index (χ1v) is 9.40. The Balaban J connectivity index is 1.44. The number of likely N-dealkylation sites (tertiary alicyclic amines) is 1. The van der Waals surface area contributed by atoms with Gasteiger partial charge in [0.25, 0.3) is 0 Å². The van der Waals surface area contributed by atoms with Crippen LogP contribution in [0.4, 0.5) is 0 Å². The van der Waals surface area contributed by atoms with Crippen LogP contribution in [0.5, 0.6) is 0 Å². The molecular weight excluding hydrogens is 308 g/mol. The monoisotopic (exact) mass is 334 g/mol. The second-order valence-electron chi connectivity index (χ2n) is 6.35. The minimum absolute atomic E-state index is 0.284. The molecular formula is C18H26N2O2S. The summed E-state index contributed by atoms with van der Waals surface area (Å²) >= 11 is 1.98. The first-order valence-electron chi connectivity index (χ1n) is 8.52. The molecule has 4 nitrogen and oxygen atoms in total. The highest BCUT2D eigenvalue weighted by Gasteiger charge is 2.25. The molecule has 2 aliphatic heterocycles. The molecule has 1 amide bonds. The van der Waals surface area contributed by atoms with Crippen LogP contribution >= 0.6 is 11.8 Å². The van der Waals surface area contributed by atoms with Gasteiger partial charge < -0.3 is 9.64 Å². The van der Waals surface area contributed by atoms with Gasteiger partial charge in [-0.2, -0.15) is 0 Å². The summed E-state index contributed by atoms with van der Waals surface area (Å²) < 4.78 is 5.34. The van der Waals surface area contributed by atoms with Crippen LogP contribution < -0.4 is 0 Å². The maximum Gasteiger partial charge on any atom is 0.236 e. The summed E-state index contributed by atoms with van der Waals surface area (Å²) in [4.78, 5) is 18.1. The summed E-state index contributed by atoms with van der Waals surface area (Å²) in [5, 5.41) is 0.628. The van der Waals surface area contributed by atoms with E-state index in [4.69, 9.17) is 4.74 Å². The number of carbonyl (C=O) groups excluding carboxylic acids is 1. The van der Waals surface area contributed by atoms with E-state index in [0.717, 1.165) is 52.2 Å². The van der Waals surface area contributed by atoms with E-state index in [1.54, 1.807) is 0 Å². The van der Waals surface area contributed by atoms with Gasteiger partial charge in [-0.05, 0) is 31.4 Å². The Hall–Kier alpha value is -1.04. The van der Waals surface area contributed by atoms with Gasteiger partial charge in [0.2, 0.25) is 5.91 Å². The van der Waals surface area contributed by atoms with E-state index in [2.05, 4.69) is 36.1 Å². The number of carbonyl (C=O) groups is 1. The molecule has 1 aromatic carbocycles. The molecule has 0 radical (unpaired) electrons. The number of morpholine rings is 1. The molecule has 23 heavy (non-hydrogen) atoms. The van der Waals surface area contributed by atoms with Crippen LogP contribution in [0.2, 0.25) is 0 Å². The molecule has 0 N–H and O–H groups in total. The molecule has 3 rings (SSSR count). The lowest BCUT2D eigenvalue weighted by molar-refractivity contribution is -0.134. The molecule has 126 valence electrons. The first-order chi connectivity index (χ1) is 11.2. The fraction of sp³-hybridized carbons (Fsp3) is 0.611. The number of thioether (sulfide) groups is 1. The smallest absolute Gasteiger partial charge is 0.236 e. The van der Waals surface area contributed by atoms with Crippen LogP contribution in [-0.4, -0.2) is 66.9 Å². The van der Waals surface area contributed by atoms with E-state index in [9.17, 15) is 4.79 Å². The second kappa shape index (κ2) is 8.18. The average Bonchev–Trinajstić information content (AvgIpc) is 2.58. The SMILES string of the molecule is Cc1ccccc1SC1CCN(C(=O)CN2CCOCC2)CC1. The van der Waals surface area contributed by atoms with Gasteiger partial charge in [-0.3, -0.25) is 9.69 Å². The first kappa shape index (κ1) is 16.8. The summed E-state index contributed by atoms with van der Waals surface area (Å²) in [7, 11) is 0.